The third-order valence-corrected chi connectivity index (χ3v) is 5.54. The maximum Gasteiger partial charge on any atom is 0.340 e. The molecule has 0 radical (unpaired) electrons. The van der Waals surface area contributed by atoms with Crippen LogP contribution in [0.4, 0.5) is 5.69 Å². The average Bonchev–Trinajstić information content (AvgIpc) is 2.83. The number of fused-ring (bicyclic) bond motifs is 1. The molecule has 0 bridgehead atoms. The molecular formula is C16H15N3O4S. The third kappa shape index (κ3) is 2.41. The minimum absolute atomic E-state index is 0.0787. The van der Waals surface area contributed by atoms with Gasteiger partial charge < -0.3 is 10.7 Å². The number of H-pyrrole nitrogens is 1. The summed E-state index contributed by atoms with van der Waals surface area (Å²) in [6.45, 7) is 3.12. The zero-order valence-corrected chi connectivity index (χ0v) is 13.8. The van der Waals surface area contributed by atoms with E-state index in [2.05, 4.69) is 4.98 Å². The maximum atomic E-state index is 12.8. The van der Waals surface area contributed by atoms with Gasteiger partial charge >= 0.3 is 5.69 Å². The molecule has 0 spiro atoms. The summed E-state index contributed by atoms with van der Waals surface area (Å²) < 4.78 is 26.4. The van der Waals surface area contributed by atoms with Gasteiger partial charge in [0.2, 0.25) is 0 Å². The lowest BCUT2D eigenvalue weighted by Crippen LogP contribution is -2.25. The van der Waals surface area contributed by atoms with Gasteiger partial charge in [-0.1, -0.05) is 12.1 Å². The molecule has 0 unspecified atom stereocenters. The van der Waals surface area contributed by atoms with Crippen LogP contribution in [0, 0.1) is 6.92 Å². The number of aryl methyl sites for hydroxylation is 1. The van der Waals surface area contributed by atoms with E-state index in [0.29, 0.717) is 26.3 Å². The minimum atomic E-state index is -4.10. The Labute approximate surface area is 137 Å². The molecule has 0 fully saturated rings. The van der Waals surface area contributed by atoms with Crippen LogP contribution in [0.3, 0.4) is 0 Å². The Bertz CT molecular complexity index is 1120. The van der Waals surface area contributed by atoms with E-state index in [9.17, 15) is 18.0 Å². The molecule has 0 aliphatic heterocycles. The number of ketones is 1. The first-order valence-corrected chi connectivity index (χ1v) is 8.53. The molecule has 0 aliphatic carbocycles. The Balaban J connectivity index is 2.25. The van der Waals surface area contributed by atoms with E-state index >= 15 is 0 Å². The SMILES string of the molecule is CC(=O)c1ccc(S(=O)(=O)n2c(=O)[nH]c3cc(N)c(C)cc32)cc1. The van der Waals surface area contributed by atoms with E-state index in [1.165, 1.54) is 37.3 Å². The highest BCUT2D eigenvalue weighted by molar-refractivity contribution is 7.90. The summed E-state index contributed by atoms with van der Waals surface area (Å²) in [6, 6.07) is 8.51. The van der Waals surface area contributed by atoms with E-state index in [-0.39, 0.29) is 16.2 Å². The first-order chi connectivity index (χ1) is 11.2. The molecule has 0 amide bonds. The summed E-state index contributed by atoms with van der Waals surface area (Å²) >= 11 is 0. The topological polar surface area (TPSA) is 115 Å². The van der Waals surface area contributed by atoms with Crippen molar-refractivity contribution in [3.63, 3.8) is 0 Å². The van der Waals surface area contributed by atoms with Crippen LogP contribution in [0.5, 0.6) is 0 Å². The van der Waals surface area contributed by atoms with Gasteiger partial charge in [-0.2, -0.15) is 3.97 Å². The van der Waals surface area contributed by atoms with Crippen LogP contribution in [-0.2, 0) is 10.0 Å². The van der Waals surface area contributed by atoms with Gasteiger partial charge in [0, 0.05) is 11.3 Å². The van der Waals surface area contributed by atoms with Gasteiger partial charge in [0.15, 0.2) is 5.78 Å². The number of nitrogens with two attached hydrogens (primary N) is 1. The average molecular weight is 345 g/mol. The van der Waals surface area contributed by atoms with Crippen molar-refractivity contribution in [1.29, 1.82) is 0 Å². The first-order valence-electron chi connectivity index (χ1n) is 7.09. The molecule has 0 aliphatic rings. The first kappa shape index (κ1) is 16.0. The fourth-order valence-corrected chi connectivity index (χ4v) is 3.82. The largest absolute Gasteiger partial charge is 0.398 e. The van der Waals surface area contributed by atoms with Crippen molar-refractivity contribution in [2.45, 2.75) is 18.7 Å². The summed E-state index contributed by atoms with van der Waals surface area (Å²) in [4.78, 5) is 25.9. The highest BCUT2D eigenvalue weighted by atomic mass is 32.2. The zero-order valence-electron chi connectivity index (χ0n) is 13.0. The second-order valence-corrected chi connectivity index (χ2v) is 7.29. The van der Waals surface area contributed by atoms with E-state index in [4.69, 9.17) is 5.73 Å². The number of imidazole rings is 1. The fraction of sp³-hybridized carbons (Fsp3) is 0.125. The molecule has 1 heterocycles. The highest BCUT2D eigenvalue weighted by Gasteiger charge is 2.23. The summed E-state index contributed by atoms with van der Waals surface area (Å²) in [5, 5.41) is 0. The second-order valence-electron chi connectivity index (χ2n) is 5.51. The normalized spacial score (nSPS) is 11.8. The number of nitrogen functional groups attached to an aromatic ring is 1. The lowest BCUT2D eigenvalue weighted by atomic mass is 10.2. The fourth-order valence-electron chi connectivity index (χ4n) is 2.46. The van der Waals surface area contributed by atoms with Gasteiger partial charge in [-0.15, -0.1) is 0 Å². The predicted molar refractivity (Wildman–Crippen MR) is 90.7 cm³/mol. The number of carbonyl (C=O) groups excluding carboxylic acids is 1. The quantitative estimate of drug-likeness (QED) is 0.553. The van der Waals surface area contributed by atoms with E-state index in [0.717, 1.165) is 0 Å². The van der Waals surface area contributed by atoms with Crippen LogP contribution in [0.1, 0.15) is 22.8 Å². The summed E-state index contributed by atoms with van der Waals surface area (Å²) in [6.07, 6.45) is 0. The molecule has 3 aromatic rings. The van der Waals surface area contributed by atoms with Crippen LogP contribution in [0.15, 0.2) is 46.1 Å². The van der Waals surface area contributed by atoms with Crippen molar-refractivity contribution >= 4 is 32.5 Å². The van der Waals surface area contributed by atoms with Crippen molar-refractivity contribution in [3.8, 4) is 0 Å². The molecule has 0 saturated heterocycles. The standard InChI is InChI=1S/C16H15N3O4S/c1-9-7-15-14(8-13(9)17)18-16(21)19(15)24(22,23)12-5-3-11(4-6-12)10(2)20/h3-8H,17H2,1-2H3,(H,18,21). The number of anilines is 1. The maximum absolute atomic E-state index is 12.8. The number of rotatable bonds is 3. The molecule has 24 heavy (non-hydrogen) atoms. The van der Waals surface area contributed by atoms with Gasteiger partial charge in [0.25, 0.3) is 10.0 Å². The van der Waals surface area contributed by atoms with Crippen molar-refractivity contribution in [2.24, 2.45) is 0 Å². The number of aromatic amines is 1. The Kier molecular flexibility index (Phi) is 3.56. The molecule has 1 aromatic heterocycles. The Hall–Kier alpha value is -2.87. The molecule has 2 aromatic carbocycles. The van der Waals surface area contributed by atoms with Crippen molar-refractivity contribution in [3.05, 3.63) is 58.0 Å². The van der Waals surface area contributed by atoms with E-state index < -0.39 is 15.7 Å². The van der Waals surface area contributed by atoms with Crippen molar-refractivity contribution < 1.29 is 13.2 Å². The molecule has 7 nitrogen and oxygen atoms in total. The van der Waals surface area contributed by atoms with Crippen LogP contribution in [-0.4, -0.2) is 23.2 Å². The third-order valence-electron chi connectivity index (χ3n) is 3.83. The number of Topliss-reactive ketones (excluding diaryl/α,β-unsaturated/α-hetero) is 1. The number of carbonyl (C=O) groups is 1. The van der Waals surface area contributed by atoms with Crippen molar-refractivity contribution in [1.82, 2.24) is 8.96 Å². The summed E-state index contributed by atoms with van der Waals surface area (Å²) in [5.41, 5.74) is 7.10. The number of hydrogen-bond donors (Lipinski definition) is 2. The molecule has 3 rings (SSSR count). The van der Waals surface area contributed by atoms with Gasteiger partial charge in [-0.3, -0.25) is 4.79 Å². The van der Waals surface area contributed by atoms with Gasteiger partial charge in [0.05, 0.1) is 15.9 Å². The molecular weight excluding hydrogens is 330 g/mol. The molecule has 8 heteroatoms. The molecule has 0 atom stereocenters. The molecule has 0 saturated carbocycles. The molecule has 3 N–H and O–H groups in total. The lowest BCUT2D eigenvalue weighted by molar-refractivity contribution is 0.101. The minimum Gasteiger partial charge on any atom is -0.398 e. The number of nitrogens with zero attached hydrogens (tertiary/aromatic N) is 1. The predicted octanol–water partition coefficient (Wildman–Crippen LogP) is 1.66. The second kappa shape index (κ2) is 5.34. The van der Waals surface area contributed by atoms with Crippen LogP contribution in [0.25, 0.3) is 11.0 Å². The van der Waals surface area contributed by atoms with E-state index in [1.807, 2.05) is 0 Å². The van der Waals surface area contributed by atoms with E-state index in [1.54, 1.807) is 13.0 Å². The Morgan fingerprint density at radius 3 is 2.38 bits per heavy atom. The highest BCUT2D eigenvalue weighted by Crippen LogP contribution is 2.22. The van der Waals surface area contributed by atoms with Gasteiger partial charge in [-0.05, 0) is 43.7 Å². The van der Waals surface area contributed by atoms with Crippen LogP contribution < -0.4 is 11.4 Å². The van der Waals surface area contributed by atoms with Crippen LogP contribution >= 0.6 is 0 Å². The van der Waals surface area contributed by atoms with Gasteiger partial charge in [0.1, 0.15) is 0 Å². The monoisotopic (exact) mass is 345 g/mol. The Morgan fingerprint density at radius 1 is 1.17 bits per heavy atom. The summed E-state index contributed by atoms with van der Waals surface area (Å²) in [5.74, 6) is -0.172. The zero-order chi connectivity index (χ0) is 17.6. The van der Waals surface area contributed by atoms with Gasteiger partial charge in [-0.25, -0.2) is 13.2 Å². The number of aromatic nitrogens is 2. The summed E-state index contributed by atoms with van der Waals surface area (Å²) in [7, 11) is -4.10. The Morgan fingerprint density at radius 2 is 1.79 bits per heavy atom. The molecule has 124 valence electrons. The number of hydrogen-bond acceptors (Lipinski definition) is 5. The smallest absolute Gasteiger partial charge is 0.340 e. The number of benzene rings is 2. The lowest BCUT2D eigenvalue weighted by Gasteiger charge is -2.07. The van der Waals surface area contributed by atoms with Crippen LogP contribution in [0.2, 0.25) is 0 Å². The number of nitrogens with one attached hydrogen (secondary N) is 1. The van der Waals surface area contributed by atoms with Crippen molar-refractivity contribution in [2.75, 3.05) is 5.73 Å².